The van der Waals surface area contributed by atoms with Gasteiger partial charge in [0.05, 0.1) is 21.7 Å². The zero-order chi connectivity index (χ0) is 15.1. The Labute approximate surface area is 138 Å². The molecule has 1 aromatic carbocycles. The molecule has 1 aromatic rings. The summed E-state index contributed by atoms with van der Waals surface area (Å²) in [5, 5.41) is 3.54. The molecule has 0 unspecified atom stereocenters. The van der Waals surface area contributed by atoms with Crippen LogP contribution < -0.4 is 5.32 Å². The fourth-order valence-electron chi connectivity index (χ4n) is 2.44. The fraction of sp³-hybridized carbons (Fsp3) is 0.357. The van der Waals surface area contributed by atoms with Crippen LogP contribution >= 0.6 is 46.4 Å². The summed E-state index contributed by atoms with van der Waals surface area (Å²) >= 11 is 23.3. The van der Waals surface area contributed by atoms with Crippen LogP contribution in [0.15, 0.2) is 28.8 Å². The van der Waals surface area contributed by atoms with Crippen molar-refractivity contribution in [2.45, 2.75) is 13.8 Å². The summed E-state index contributed by atoms with van der Waals surface area (Å²) in [6.07, 6.45) is 1.70. The molecule has 0 aromatic heterocycles. The van der Waals surface area contributed by atoms with Gasteiger partial charge in [0.25, 0.3) is 0 Å². The first-order valence-corrected chi connectivity index (χ1v) is 7.54. The number of allylic oxidation sites excluding steroid dienone is 1. The van der Waals surface area contributed by atoms with Crippen molar-refractivity contribution in [2.75, 3.05) is 5.32 Å². The van der Waals surface area contributed by atoms with Gasteiger partial charge in [0.2, 0.25) is 5.91 Å². The molecule has 0 aliphatic heterocycles. The van der Waals surface area contributed by atoms with Crippen LogP contribution in [-0.4, -0.2) is 5.91 Å². The molecular formula is C14H13Cl4NO. The van der Waals surface area contributed by atoms with Crippen molar-refractivity contribution in [1.29, 1.82) is 0 Å². The number of carbonyl (C=O) groups excluding carboxylic acids is 1. The van der Waals surface area contributed by atoms with Crippen LogP contribution in [0.2, 0.25) is 10.0 Å². The minimum Gasteiger partial charge on any atom is -0.324 e. The van der Waals surface area contributed by atoms with E-state index in [1.54, 1.807) is 24.3 Å². The van der Waals surface area contributed by atoms with Crippen LogP contribution in [0, 0.1) is 17.3 Å². The summed E-state index contributed by atoms with van der Waals surface area (Å²) in [5.74, 6) is -0.287. The van der Waals surface area contributed by atoms with Gasteiger partial charge in [-0.05, 0) is 29.5 Å². The van der Waals surface area contributed by atoms with E-state index in [4.69, 9.17) is 46.4 Å². The Morgan fingerprint density at radius 2 is 1.95 bits per heavy atom. The molecule has 1 aliphatic carbocycles. The average Bonchev–Trinajstić information content (AvgIpc) is 2.86. The Hall–Kier alpha value is -0.410. The summed E-state index contributed by atoms with van der Waals surface area (Å²) < 4.78 is 0.180. The average molecular weight is 353 g/mol. The normalized spacial score (nSPS) is 23.1. The molecule has 0 radical (unpaired) electrons. The Balaban J connectivity index is 2.14. The van der Waals surface area contributed by atoms with E-state index in [1.807, 2.05) is 13.8 Å². The third kappa shape index (κ3) is 3.09. The quantitative estimate of drug-likeness (QED) is 0.761. The van der Waals surface area contributed by atoms with E-state index in [2.05, 4.69) is 5.32 Å². The van der Waals surface area contributed by atoms with E-state index in [0.29, 0.717) is 15.7 Å². The SMILES string of the molecule is CC1(C)[C@@H](C=C(Cl)Cl)[C@@H]1C(=O)Nc1cccc(Cl)c1Cl. The third-order valence-corrected chi connectivity index (χ3v) is 4.78. The van der Waals surface area contributed by atoms with Crippen molar-refractivity contribution in [3.05, 3.63) is 38.8 Å². The molecule has 1 N–H and O–H groups in total. The maximum Gasteiger partial charge on any atom is 0.228 e. The minimum atomic E-state index is -0.190. The number of rotatable bonds is 3. The predicted octanol–water partition coefficient (Wildman–Crippen LogP) is 5.52. The highest BCUT2D eigenvalue weighted by Crippen LogP contribution is 2.60. The van der Waals surface area contributed by atoms with Crippen LogP contribution in [-0.2, 0) is 4.79 Å². The number of benzene rings is 1. The van der Waals surface area contributed by atoms with E-state index >= 15 is 0 Å². The second kappa shape index (κ2) is 5.76. The topological polar surface area (TPSA) is 29.1 Å². The molecular weight excluding hydrogens is 340 g/mol. The molecule has 2 nitrogen and oxygen atoms in total. The Morgan fingerprint density at radius 1 is 1.30 bits per heavy atom. The largest absolute Gasteiger partial charge is 0.324 e. The molecule has 1 amide bonds. The van der Waals surface area contributed by atoms with Crippen molar-refractivity contribution < 1.29 is 4.79 Å². The van der Waals surface area contributed by atoms with Gasteiger partial charge in [-0.25, -0.2) is 0 Å². The number of halogens is 4. The lowest BCUT2D eigenvalue weighted by molar-refractivity contribution is -0.118. The first kappa shape index (κ1) is 16.0. The fourth-order valence-corrected chi connectivity index (χ4v) is 3.06. The zero-order valence-electron chi connectivity index (χ0n) is 10.9. The molecule has 0 spiro atoms. The number of amides is 1. The Morgan fingerprint density at radius 3 is 2.55 bits per heavy atom. The second-order valence-corrected chi connectivity index (χ2v) is 7.16. The van der Waals surface area contributed by atoms with Gasteiger partial charge < -0.3 is 5.32 Å². The van der Waals surface area contributed by atoms with Gasteiger partial charge in [-0.15, -0.1) is 0 Å². The molecule has 1 saturated carbocycles. The maximum absolute atomic E-state index is 12.3. The summed E-state index contributed by atoms with van der Waals surface area (Å²) in [6, 6.07) is 5.11. The smallest absolute Gasteiger partial charge is 0.228 e. The van der Waals surface area contributed by atoms with Crippen molar-refractivity contribution >= 4 is 58.0 Å². The van der Waals surface area contributed by atoms with Crippen LogP contribution in [0.4, 0.5) is 5.69 Å². The first-order valence-electron chi connectivity index (χ1n) is 6.03. The summed E-state index contributed by atoms with van der Waals surface area (Å²) in [5.41, 5.74) is 0.330. The van der Waals surface area contributed by atoms with Gasteiger partial charge in [-0.1, -0.05) is 66.3 Å². The molecule has 6 heteroatoms. The molecule has 20 heavy (non-hydrogen) atoms. The zero-order valence-corrected chi connectivity index (χ0v) is 13.9. The maximum atomic E-state index is 12.3. The second-order valence-electron chi connectivity index (χ2n) is 5.37. The standard InChI is InChI=1S/C14H13Cl4NO/c1-14(2)7(6-10(16)17)11(14)13(20)19-9-5-3-4-8(15)12(9)18/h3-7,11H,1-2H3,(H,19,20)/t7-,11+/m0/s1. The van der Waals surface area contributed by atoms with E-state index in [9.17, 15) is 4.79 Å². The Bertz CT molecular complexity index is 579. The van der Waals surface area contributed by atoms with Gasteiger partial charge in [-0.3, -0.25) is 4.79 Å². The van der Waals surface area contributed by atoms with Gasteiger partial charge >= 0.3 is 0 Å². The third-order valence-electron chi connectivity index (χ3n) is 3.71. The highest BCUT2D eigenvalue weighted by Gasteiger charge is 2.60. The highest BCUT2D eigenvalue weighted by atomic mass is 35.5. The van der Waals surface area contributed by atoms with Gasteiger partial charge in [0.15, 0.2) is 0 Å². The molecule has 0 heterocycles. The number of carbonyl (C=O) groups is 1. The lowest BCUT2D eigenvalue weighted by Gasteiger charge is -2.08. The van der Waals surface area contributed by atoms with Crippen molar-refractivity contribution in [3.63, 3.8) is 0 Å². The van der Waals surface area contributed by atoms with Gasteiger partial charge in [-0.2, -0.15) is 0 Å². The van der Waals surface area contributed by atoms with E-state index in [-0.39, 0.29) is 27.6 Å². The first-order chi connectivity index (χ1) is 9.25. The van der Waals surface area contributed by atoms with Crippen LogP contribution in [0.1, 0.15) is 13.8 Å². The summed E-state index contributed by atoms with van der Waals surface area (Å²) in [6.45, 7) is 3.99. The van der Waals surface area contributed by atoms with Crippen molar-refractivity contribution in [2.24, 2.45) is 17.3 Å². The molecule has 0 bridgehead atoms. The van der Waals surface area contributed by atoms with Crippen molar-refractivity contribution in [1.82, 2.24) is 0 Å². The van der Waals surface area contributed by atoms with E-state index < -0.39 is 0 Å². The molecule has 108 valence electrons. The number of hydrogen-bond donors (Lipinski definition) is 1. The molecule has 0 saturated heterocycles. The monoisotopic (exact) mass is 351 g/mol. The summed E-state index contributed by atoms with van der Waals surface area (Å²) in [7, 11) is 0. The van der Waals surface area contributed by atoms with Crippen LogP contribution in [0.3, 0.4) is 0 Å². The number of hydrogen-bond acceptors (Lipinski definition) is 1. The summed E-state index contributed by atoms with van der Waals surface area (Å²) in [4.78, 5) is 12.3. The Kier molecular flexibility index (Phi) is 4.60. The number of nitrogens with one attached hydrogen (secondary N) is 1. The van der Waals surface area contributed by atoms with Gasteiger partial charge in [0.1, 0.15) is 4.49 Å². The molecule has 2 atom stereocenters. The van der Waals surface area contributed by atoms with E-state index in [1.165, 1.54) is 0 Å². The van der Waals surface area contributed by atoms with Crippen molar-refractivity contribution in [3.8, 4) is 0 Å². The predicted molar refractivity (Wildman–Crippen MR) is 85.6 cm³/mol. The van der Waals surface area contributed by atoms with Gasteiger partial charge in [0, 0.05) is 0 Å². The number of anilines is 1. The lowest BCUT2D eigenvalue weighted by Crippen LogP contribution is -2.17. The van der Waals surface area contributed by atoms with Crippen LogP contribution in [0.5, 0.6) is 0 Å². The highest BCUT2D eigenvalue weighted by molar-refractivity contribution is 6.55. The van der Waals surface area contributed by atoms with E-state index in [0.717, 1.165) is 0 Å². The van der Waals surface area contributed by atoms with Crippen LogP contribution in [0.25, 0.3) is 0 Å². The molecule has 2 rings (SSSR count). The minimum absolute atomic E-state index is 0.0189. The molecule has 1 fully saturated rings. The molecule has 1 aliphatic rings. The lowest BCUT2D eigenvalue weighted by atomic mass is 10.1.